The van der Waals surface area contributed by atoms with E-state index in [0.29, 0.717) is 0 Å². The summed E-state index contributed by atoms with van der Waals surface area (Å²) in [6.45, 7) is 8.29. The summed E-state index contributed by atoms with van der Waals surface area (Å²) < 4.78 is 0. The highest BCUT2D eigenvalue weighted by molar-refractivity contribution is 5.62. The average molecular weight is 360 g/mol. The zero-order chi connectivity index (χ0) is 19.9. The van der Waals surface area contributed by atoms with Crippen LogP contribution in [0.4, 0.5) is 0 Å². The van der Waals surface area contributed by atoms with Crippen LogP contribution in [0.25, 0.3) is 5.70 Å². The van der Waals surface area contributed by atoms with Crippen LogP contribution in [-0.4, -0.2) is 0 Å². The highest BCUT2D eigenvalue weighted by atomic mass is 14.6. The Hall–Kier alpha value is -2.80. The van der Waals surface area contributed by atoms with Gasteiger partial charge in [0.1, 0.15) is 0 Å². The first-order chi connectivity index (χ1) is 13.1. The van der Waals surface area contributed by atoms with E-state index < -0.39 is 0 Å². The van der Waals surface area contributed by atoms with Gasteiger partial charge in [-0.05, 0) is 38.3 Å². The second-order valence-electron chi connectivity index (χ2n) is 6.50. The molecular formula is C26H33N. The van der Waals surface area contributed by atoms with E-state index in [1.54, 1.807) is 0 Å². The van der Waals surface area contributed by atoms with Gasteiger partial charge in [0.05, 0.1) is 0 Å². The summed E-state index contributed by atoms with van der Waals surface area (Å²) in [5, 5.41) is 0. The topological polar surface area (TPSA) is 26.0 Å². The van der Waals surface area contributed by atoms with E-state index in [9.17, 15) is 0 Å². The first-order valence-electron chi connectivity index (χ1n) is 9.61. The summed E-state index contributed by atoms with van der Waals surface area (Å²) in [5.74, 6) is 0. The quantitative estimate of drug-likeness (QED) is 0.538. The first-order valence-corrected chi connectivity index (χ1v) is 9.61. The molecule has 0 unspecified atom stereocenters. The standard InChI is InChI=1S/C10H13N.C9H12.C7H8/c1-3-10(11)9-6-4-8(2)5-7-9;1-2-6-9-7-4-3-5-8-9;1-7-5-3-2-4-6-7/h3-7H,11H2,1-2H3;3-5,7-8H,2,6H2,1H3;2-6H,1H3/b10-3+;;. The van der Waals surface area contributed by atoms with Gasteiger partial charge in [-0.2, -0.15) is 0 Å². The van der Waals surface area contributed by atoms with Crippen LogP contribution in [0.2, 0.25) is 0 Å². The van der Waals surface area contributed by atoms with E-state index in [-0.39, 0.29) is 0 Å². The third-order valence-electron chi connectivity index (χ3n) is 4.02. The maximum Gasteiger partial charge on any atom is 0.0344 e. The maximum atomic E-state index is 5.71. The van der Waals surface area contributed by atoms with Crippen LogP contribution in [0, 0.1) is 13.8 Å². The van der Waals surface area contributed by atoms with Crippen molar-refractivity contribution in [2.24, 2.45) is 5.73 Å². The van der Waals surface area contributed by atoms with Gasteiger partial charge in [0.25, 0.3) is 0 Å². The number of allylic oxidation sites excluding steroid dienone is 1. The van der Waals surface area contributed by atoms with Crippen molar-refractivity contribution in [3.8, 4) is 0 Å². The highest BCUT2D eigenvalue weighted by Crippen LogP contribution is 2.09. The van der Waals surface area contributed by atoms with Crippen molar-refractivity contribution >= 4 is 5.70 Å². The van der Waals surface area contributed by atoms with Crippen molar-refractivity contribution in [3.05, 3.63) is 113 Å². The molecule has 142 valence electrons. The Balaban J connectivity index is 0.000000208. The smallest absolute Gasteiger partial charge is 0.0344 e. The van der Waals surface area contributed by atoms with Crippen LogP contribution in [0.15, 0.2) is 91.0 Å². The fourth-order valence-electron chi connectivity index (χ4n) is 2.38. The summed E-state index contributed by atoms with van der Waals surface area (Å²) in [6.07, 6.45) is 4.36. The lowest BCUT2D eigenvalue weighted by atomic mass is 10.1. The summed E-state index contributed by atoms with van der Waals surface area (Å²) in [5.41, 5.74) is 11.7. The molecular weight excluding hydrogens is 326 g/mol. The molecule has 3 aromatic carbocycles. The minimum Gasteiger partial charge on any atom is -0.399 e. The molecule has 0 heterocycles. The molecule has 0 amide bonds. The third-order valence-corrected chi connectivity index (χ3v) is 4.02. The Morgan fingerprint density at radius 1 is 0.741 bits per heavy atom. The summed E-state index contributed by atoms with van der Waals surface area (Å²) >= 11 is 0. The van der Waals surface area contributed by atoms with Gasteiger partial charge in [-0.15, -0.1) is 0 Å². The van der Waals surface area contributed by atoms with Gasteiger partial charge >= 0.3 is 0 Å². The molecule has 1 nitrogen and oxygen atoms in total. The number of nitrogens with two attached hydrogens (primary N) is 1. The summed E-state index contributed by atoms with van der Waals surface area (Å²) in [6, 6.07) is 29.0. The Morgan fingerprint density at radius 3 is 1.63 bits per heavy atom. The normalized spacial score (nSPS) is 10.1. The fourth-order valence-corrected chi connectivity index (χ4v) is 2.38. The van der Waals surface area contributed by atoms with Gasteiger partial charge in [0.2, 0.25) is 0 Å². The second-order valence-corrected chi connectivity index (χ2v) is 6.50. The zero-order valence-corrected chi connectivity index (χ0v) is 17.2. The number of hydrogen-bond acceptors (Lipinski definition) is 1. The van der Waals surface area contributed by atoms with Gasteiger partial charge in [0.15, 0.2) is 0 Å². The lowest BCUT2D eigenvalue weighted by Crippen LogP contribution is -1.94. The number of rotatable bonds is 3. The molecule has 0 aliphatic rings. The van der Waals surface area contributed by atoms with Crippen LogP contribution < -0.4 is 5.73 Å². The van der Waals surface area contributed by atoms with E-state index >= 15 is 0 Å². The summed E-state index contributed by atoms with van der Waals surface area (Å²) in [4.78, 5) is 0. The van der Waals surface area contributed by atoms with Gasteiger partial charge in [-0.3, -0.25) is 0 Å². The van der Waals surface area contributed by atoms with Crippen molar-refractivity contribution in [1.82, 2.24) is 0 Å². The number of hydrogen-bond donors (Lipinski definition) is 1. The predicted molar refractivity (Wildman–Crippen MR) is 121 cm³/mol. The third kappa shape index (κ3) is 10.1. The predicted octanol–water partition coefficient (Wildman–Crippen LogP) is 6.95. The molecule has 0 aliphatic carbocycles. The van der Waals surface area contributed by atoms with E-state index in [4.69, 9.17) is 5.73 Å². The zero-order valence-electron chi connectivity index (χ0n) is 17.2. The van der Waals surface area contributed by atoms with Crippen LogP contribution in [0.1, 0.15) is 42.5 Å². The fraction of sp³-hybridized carbons (Fsp3) is 0.231. The molecule has 27 heavy (non-hydrogen) atoms. The van der Waals surface area contributed by atoms with Gasteiger partial charge in [-0.25, -0.2) is 0 Å². The van der Waals surface area contributed by atoms with Crippen LogP contribution in [0.5, 0.6) is 0 Å². The molecule has 3 rings (SSSR count). The molecule has 0 saturated heterocycles. The molecule has 3 aromatic rings. The van der Waals surface area contributed by atoms with Crippen molar-refractivity contribution < 1.29 is 0 Å². The SMILES string of the molecule is C/C=C(/N)c1ccc(C)cc1.CCCc1ccccc1.Cc1ccccc1. The van der Waals surface area contributed by atoms with E-state index in [1.807, 2.05) is 43.3 Å². The molecule has 0 atom stereocenters. The van der Waals surface area contributed by atoms with Gasteiger partial charge in [0, 0.05) is 5.70 Å². The largest absolute Gasteiger partial charge is 0.399 e. The molecule has 0 fully saturated rings. The second kappa shape index (κ2) is 13.4. The van der Waals surface area contributed by atoms with Crippen molar-refractivity contribution in [2.45, 2.75) is 40.5 Å². The van der Waals surface area contributed by atoms with Crippen LogP contribution in [-0.2, 0) is 6.42 Å². The number of benzene rings is 3. The molecule has 2 N–H and O–H groups in total. The molecule has 0 bridgehead atoms. The van der Waals surface area contributed by atoms with Gasteiger partial charge in [-0.1, -0.05) is 115 Å². The Kier molecular flexibility index (Phi) is 11.0. The van der Waals surface area contributed by atoms with Crippen LogP contribution in [0.3, 0.4) is 0 Å². The minimum atomic E-state index is 0.838. The molecule has 0 aliphatic heterocycles. The Bertz CT molecular complexity index is 756. The van der Waals surface area contributed by atoms with Crippen molar-refractivity contribution in [2.75, 3.05) is 0 Å². The lowest BCUT2D eigenvalue weighted by molar-refractivity contribution is 0.922. The van der Waals surface area contributed by atoms with Crippen LogP contribution >= 0.6 is 0 Å². The summed E-state index contributed by atoms with van der Waals surface area (Å²) in [7, 11) is 0. The molecule has 0 aromatic heterocycles. The Labute approximate surface area is 165 Å². The van der Waals surface area contributed by atoms with Crippen molar-refractivity contribution in [3.63, 3.8) is 0 Å². The Morgan fingerprint density at radius 2 is 1.22 bits per heavy atom. The van der Waals surface area contributed by atoms with Gasteiger partial charge < -0.3 is 5.73 Å². The minimum absolute atomic E-state index is 0.838. The highest BCUT2D eigenvalue weighted by Gasteiger charge is 1.92. The molecule has 0 radical (unpaired) electrons. The van der Waals surface area contributed by atoms with Crippen molar-refractivity contribution in [1.29, 1.82) is 0 Å². The molecule has 0 spiro atoms. The average Bonchev–Trinajstić information content (AvgIpc) is 2.71. The van der Waals surface area contributed by atoms with E-state index in [1.165, 1.54) is 29.5 Å². The van der Waals surface area contributed by atoms with E-state index in [2.05, 4.69) is 75.4 Å². The monoisotopic (exact) mass is 359 g/mol. The molecule has 1 heteroatoms. The van der Waals surface area contributed by atoms with E-state index in [0.717, 1.165) is 11.3 Å². The maximum absolute atomic E-state index is 5.71. The first kappa shape index (κ1) is 22.2. The molecule has 0 saturated carbocycles. The lowest BCUT2D eigenvalue weighted by Gasteiger charge is -1.99. The number of aryl methyl sites for hydroxylation is 3.